The predicted octanol–water partition coefficient (Wildman–Crippen LogP) is 3.92. The van der Waals surface area contributed by atoms with Crippen molar-refractivity contribution in [3.05, 3.63) is 46.8 Å². The van der Waals surface area contributed by atoms with E-state index in [1.807, 2.05) is 30.5 Å². The number of aromatic nitrogens is 1. The smallest absolute Gasteiger partial charge is 0.279 e. The topological polar surface area (TPSA) is 99.4 Å². The first-order chi connectivity index (χ1) is 17.3. The third-order valence-corrected chi connectivity index (χ3v) is 8.60. The van der Waals surface area contributed by atoms with Gasteiger partial charge in [0.1, 0.15) is 0 Å². The minimum Gasteiger partial charge on any atom is -0.493 e. The van der Waals surface area contributed by atoms with Gasteiger partial charge in [-0.25, -0.2) is 12.7 Å². The summed E-state index contributed by atoms with van der Waals surface area (Å²) in [6.45, 7) is 5.90. The SMILES string of the molecule is CCCCN(C)S(=O)(=O)c1ccc(C(=O)N=c2sc3cc(OC)c(OC)cc3n2CCOCC)cc1. The van der Waals surface area contributed by atoms with Crippen LogP contribution < -0.4 is 14.3 Å². The molecule has 0 aliphatic carbocycles. The largest absolute Gasteiger partial charge is 0.493 e. The standard InChI is InChI=1S/C25H33N3O6S2/c1-6-8-13-27(3)36(30,31)19-11-9-18(10-12-19)24(29)26-25-28(14-15-34-7-2)20-16-21(32-4)22(33-5)17-23(20)35-25/h9-12,16-17H,6-8,13-15H2,1-5H3. The molecule has 36 heavy (non-hydrogen) atoms. The van der Waals surface area contributed by atoms with Gasteiger partial charge in [-0.05, 0) is 37.6 Å². The molecule has 0 aliphatic heterocycles. The molecule has 0 unspecified atom stereocenters. The van der Waals surface area contributed by atoms with Crippen molar-refractivity contribution < 1.29 is 27.4 Å². The van der Waals surface area contributed by atoms with Crippen LogP contribution in [0.3, 0.4) is 0 Å². The molecular weight excluding hydrogens is 502 g/mol. The van der Waals surface area contributed by atoms with Crippen LogP contribution >= 0.6 is 11.3 Å². The van der Waals surface area contributed by atoms with E-state index < -0.39 is 15.9 Å². The maximum Gasteiger partial charge on any atom is 0.279 e. The summed E-state index contributed by atoms with van der Waals surface area (Å²) in [6, 6.07) is 9.60. The van der Waals surface area contributed by atoms with E-state index in [4.69, 9.17) is 14.2 Å². The molecule has 3 rings (SSSR count). The second kappa shape index (κ2) is 12.5. The highest BCUT2D eigenvalue weighted by Gasteiger charge is 2.21. The van der Waals surface area contributed by atoms with Crippen molar-refractivity contribution >= 4 is 37.5 Å². The van der Waals surface area contributed by atoms with Crippen molar-refractivity contribution in [2.75, 3.05) is 41.0 Å². The molecule has 0 aliphatic rings. The Bertz CT molecular complexity index is 1360. The summed E-state index contributed by atoms with van der Waals surface area (Å²) in [5.41, 5.74) is 1.15. The van der Waals surface area contributed by atoms with Gasteiger partial charge in [-0.15, -0.1) is 0 Å². The molecule has 0 fully saturated rings. The van der Waals surface area contributed by atoms with E-state index in [2.05, 4.69) is 4.99 Å². The molecule has 196 valence electrons. The molecule has 0 bridgehead atoms. The Morgan fingerprint density at radius 3 is 2.36 bits per heavy atom. The number of carbonyl (C=O) groups is 1. The van der Waals surface area contributed by atoms with Gasteiger partial charge in [0.25, 0.3) is 5.91 Å². The summed E-state index contributed by atoms with van der Waals surface area (Å²) in [7, 11) is 1.09. The van der Waals surface area contributed by atoms with Gasteiger partial charge in [0.05, 0.1) is 35.9 Å². The van der Waals surface area contributed by atoms with Gasteiger partial charge in [-0.1, -0.05) is 24.7 Å². The lowest BCUT2D eigenvalue weighted by Crippen LogP contribution is -2.27. The fourth-order valence-electron chi connectivity index (χ4n) is 3.60. The molecule has 0 saturated heterocycles. The average Bonchev–Trinajstić information content (AvgIpc) is 3.21. The summed E-state index contributed by atoms with van der Waals surface area (Å²) >= 11 is 1.35. The van der Waals surface area contributed by atoms with Crippen LogP contribution in [0.2, 0.25) is 0 Å². The quantitative estimate of drug-likeness (QED) is 0.326. The molecule has 11 heteroatoms. The monoisotopic (exact) mass is 535 g/mol. The zero-order valence-corrected chi connectivity index (χ0v) is 22.9. The molecule has 1 amide bonds. The summed E-state index contributed by atoms with van der Waals surface area (Å²) < 4.78 is 46.1. The molecule has 0 radical (unpaired) electrons. The van der Waals surface area contributed by atoms with Crippen LogP contribution in [0, 0.1) is 0 Å². The number of hydrogen-bond acceptors (Lipinski definition) is 7. The molecule has 0 N–H and O–H groups in total. The first kappa shape index (κ1) is 27.9. The highest BCUT2D eigenvalue weighted by molar-refractivity contribution is 7.89. The van der Waals surface area contributed by atoms with Crippen LogP contribution in [-0.4, -0.2) is 64.2 Å². The fraction of sp³-hybridized carbons (Fsp3) is 0.440. The Labute approximate surface area is 216 Å². The number of rotatable bonds is 12. The summed E-state index contributed by atoms with van der Waals surface area (Å²) in [5, 5.41) is 0. The number of amides is 1. The lowest BCUT2D eigenvalue weighted by atomic mass is 10.2. The molecule has 2 aromatic carbocycles. The van der Waals surface area contributed by atoms with Crippen LogP contribution in [-0.2, 0) is 21.3 Å². The number of sulfonamides is 1. The van der Waals surface area contributed by atoms with Crippen LogP contribution in [0.15, 0.2) is 46.3 Å². The van der Waals surface area contributed by atoms with Crippen LogP contribution in [0.1, 0.15) is 37.0 Å². The normalized spacial score (nSPS) is 12.4. The summed E-state index contributed by atoms with van der Waals surface area (Å²) in [4.78, 5) is 18.1. The number of carbonyl (C=O) groups excluding carboxylic acids is 1. The molecule has 0 spiro atoms. The zero-order chi connectivity index (χ0) is 26.3. The van der Waals surface area contributed by atoms with Crippen molar-refractivity contribution in [2.24, 2.45) is 4.99 Å². The number of benzene rings is 2. The van der Waals surface area contributed by atoms with Crippen LogP contribution in [0.25, 0.3) is 10.2 Å². The Morgan fingerprint density at radius 1 is 1.08 bits per heavy atom. The third-order valence-electron chi connectivity index (χ3n) is 5.68. The first-order valence-electron chi connectivity index (χ1n) is 11.7. The van der Waals surface area contributed by atoms with Gasteiger partial charge in [0.15, 0.2) is 16.3 Å². The van der Waals surface area contributed by atoms with Gasteiger partial charge in [-0.3, -0.25) is 4.79 Å². The van der Waals surface area contributed by atoms with Gasteiger partial charge < -0.3 is 18.8 Å². The van der Waals surface area contributed by atoms with Crippen molar-refractivity contribution in [1.82, 2.24) is 8.87 Å². The Hall–Kier alpha value is -2.73. The van der Waals surface area contributed by atoms with E-state index in [9.17, 15) is 13.2 Å². The van der Waals surface area contributed by atoms with Crippen molar-refractivity contribution in [1.29, 1.82) is 0 Å². The molecular formula is C25H33N3O6S2. The van der Waals surface area contributed by atoms with Gasteiger partial charge in [-0.2, -0.15) is 4.99 Å². The van der Waals surface area contributed by atoms with Crippen molar-refractivity contribution in [3.8, 4) is 11.5 Å². The fourth-order valence-corrected chi connectivity index (χ4v) is 5.87. The Balaban J connectivity index is 1.98. The third kappa shape index (κ3) is 6.15. The average molecular weight is 536 g/mol. The van der Waals surface area contributed by atoms with E-state index in [1.54, 1.807) is 21.3 Å². The molecule has 0 saturated carbocycles. The van der Waals surface area contributed by atoms with Gasteiger partial charge in [0, 0.05) is 44.4 Å². The Morgan fingerprint density at radius 2 is 1.75 bits per heavy atom. The predicted molar refractivity (Wildman–Crippen MR) is 140 cm³/mol. The molecule has 3 aromatic rings. The number of thiazole rings is 1. The number of hydrogen-bond donors (Lipinski definition) is 0. The van der Waals surface area contributed by atoms with E-state index in [-0.39, 0.29) is 4.90 Å². The van der Waals surface area contributed by atoms with Gasteiger partial charge in [0.2, 0.25) is 10.0 Å². The van der Waals surface area contributed by atoms with Crippen molar-refractivity contribution in [2.45, 2.75) is 38.1 Å². The number of unbranched alkanes of at least 4 members (excludes halogenated alkanes) is 1. The van der Waals surface area contributed by atoms with Crippen LogP contribution in [0.5, 0.6) is 11.5 Å². The number of methoxy groups -OCH3 is 2. The Kier molecular flexibility index (Phi) is 9.66. The lowest BCUT2D eigenvalue weighted by Gasteiger charge is -2.16. The maximum atomic E-state index is 13.0. The minimum absolute atomic E-state index is 0.144. The first-order valence-corrected chi connectivity index (χ1v) is 14.0. The zero-order valence-electron chi connectivity index (χ0n) is 21.3. The second-order valence-electron chi connectivity index (χ2n) is 8.03. The summed E-state index contributed by atoms with van der Waals surface area (Å²) in [6.07, 6.45) is 1.68. The van der Waals surface area contributed by atoms with Gasteiger partial charge >= 0.3 is 0 Å². The molecule has 0 atom stereocenters. The van der Waals surface area contributed by atoms with Crippen LogP contribution in [0.4, 0.5) is 0 Å². The summed E-state index contributed by atoms with van der Waals surface area (Å²) in [5.74, 6) is 0.697. The maximum absolute atomic E-state index is 13.0. The minimum atomic E-state index is -3.61. The number of nitrogens with zero attached hydrogens (tertiary/aromatic N) is 3. The number of fused-ring (bicyclic) bond motifs is 1. The highest BCUT2D eigenvalue weighted by Crippen LogP contribution is 2.33. The second-order valence-corrected chi connectivity index (χ2v) is 11.1. The number of ether oxygens (including phenoxy) is 3. The highest BCUT2D eigenvalue weighted by atomic mass is 32.2. The van der Waals surface area contributed by atoms with E-state index in [0.29, 0.717) is 48.2 Å². The van der Waals surface area contributed by atoms with E-state index in [0.717, 1.165) is 23.1 Å². The van der Waals surface area contributed by atoms with E-state index >= 15 is 0 Å². The molecule has 1 heterocycles. The lowest BCUT2D eigenvalue weighted by molar-refractivity contribution is 0.0996. The van der Waals surface area contributed by atoms with E-state index in [1.165, 1.54) is 39.9 Å². The van der Waals surface area contributed by atoms with Crippen molar-refractivity contribution in [3.63, 3.8) is 0 Å². The molecule has 1 aromatic heterocycles. The molecule has 9 nitrogen and oxygen atoms in total.